The lowest BCUT2D eigenvalue weighted by molar-refractivity contribution is 0.458. The smallest absolute Gasteiger partial charge is 0.274 e. The first-order chi connectivity index (χ1) is 5.65. The van der Waals surface area contributed by atoms with Crippen LogP contribution in [0.3, 0.4) is 0 Å². The molecule has 0 unspecified atom stereocenters. The fraction of sp³-hybridized carbons (Fsp3) is 0.429. The zero-order chi connectivity index (χ0) is 9.14. The first-order valence-electron chi connectivity index (χ1n) is 3.65. The molecule has 0 fully saturated rings. The molecule has 1 aromatic heterocycles. The van der Waals surface area contributed by atoms with Gasteiger partial charge in [-0.15, -0.1) is 0 Å². The molecule has 0 aliphatic heterocycles. The van der Waals surface area contributed by atoms with Gasteiger partial charge in [-0.25, -0.2) is 4.79 Å². The minimum Gasteiger partial charge on any atom is -0.274 e. The molecule has 1 heterocycles. The Morgan fingerprint density at radius 1 is 1.58 bits per heavy atom. The predicted octanol–water partition coefficient (Wildman–Crippen LogP) is 0.0857. The summed E-state index contributed by atoms with van der Waals surface area (Å²) in [6, 6.07) is 0.761. The average molecular weight is 172 g/mol. The van der Waals surface area contributed by atoms with E-state index in [1.807, 2.05) is 11.9 Å². The van der Waals surface area contributed by atoms with Crippen molar-refractivity contribution in [1.82, 2.24) is 9.55 Å². The maximum Gasteiger partial charge on any atom is 0.330 e. The van der Waals surface area contributed by atoms with Gasteiger partial charge in [0, 0.05) is 6.54 Å². The molecule has 0 radical (unpaired) electrons. The van der Waals surface area contributed by atoms with Gasteiger partial charge >= 0.3 is 5.69 Å². The summed E-state index contributed by atoms with van der Waals surface area (Å²) in [4.78, 5) is 23.5. The SMILES string of the molecule is CCCn1c(F)cc(=O)[nH]c1=O. The van der Waals surface area contributed by atoms with Gasteiger partial charge in [0.25, 0.3) is 5.56 Å². The van der Waals surface area contributed by atoms with Crippen LogP contribution in [-0.2, 0) is 6.54 Å². The molecule has 0 saturated carbocycles. The number of aromatic nitrogens is 2. The maximum atomic E-state index is 12.8. The first kappa shape index (κ1) is 8.70. The van der Waals surface area contributed by atoms with Gasteiger partial charge in [-0.3, -0.25) is 14.3 Å². The monoisotopic (exact) mass is 172 g/mol. The van der Waals surface area contributed by atoms with E-state index in [0.29, 0.717) is 6.42 Å². The summed E-state index contributed by atoms with van der Waals surface area (Å²) in [7, 11) is 0. The zero-order valence-corrected chi connectivity index (χ0v) is 6.63. The lowest BCUT2D eigenvalue weighted by Gasteiger charge is -2.02. The first-order valence-corrected chi connectivity index (χ1v) is 3.65. The van der Waals surface area contributed by atoms with Crippen LogP contribution in [0.4, 0.5) is 4.39 Å². The molecule has 0 atom stereocenters. The number of halogens is 1. The van der Waals surface area contributed by atoms with Gasteiger partial charge in [-0.1, -0.05) is 6.92 Å². The molecular weight excluding hydrogens is 163 g/mol. The molecule has 1 aromatic rings. The molecule has 5 heteroatoms. The van der Waals surface area contributed by atoms with Crippen molar-refractivity contribution in [3.63, 3.8) is 0 Å². The number of nitrogens with one attached hydrogen (secondary N) is 1. The summed E-state index contributed by atoms with van der Waals surface area (Å²) in [6.07, 6.45) is 0.642. The van der Waals surface area contributed by atoms with Gasteiger partial charge in [0.05, 0.1) is 6.07 Å². The Hall–Kier alpha value is -1.39. The highest BCUT2D eigenvalue weighted by atomic mass is 19.1. The number of rotatable bonds is 2. The Balaban J connectivity index is 3.29. The molecule has 1 N–H and O–H groups in total. The van der Waals surface area contributed by atoms with Crippen LogP contribution in [0.25, 0.3) is 0 Å². The Morgan fingerprint density at radius 3 is 2.75 bits per heavy atom. The highest BCUT2D eigenvalue weighted by Crippen LogP contribution is 1.89. The molecule has 0 aliphatic carbocycles. The van der Waals surface area contributed by atoms with Gasteiger partial charge in [-0.05, 0) is 6.42 Å². The van der Waals surface area contributed by atoms with E-state index in [-0.39, 0.29) is 6.54 Å². The summed E-state index contributed by atoms with van der Waals surface area (Å²) < 4.78 is 13.7. The highest BCUT2D eigenvalue weighted by Gasteiger charge is 2.02. The van der Waals surface area contributed by atoms with Crippen LogP contribution >= 0.6 is 0 Å². The van der Waals surface area contributed by atoms with Gasteiger partial charge in [0.1, 0.15) is 0 Å². The summed E-state index contributed by atoms with van der Waals surface area (Å²) in [5.41, 5.74) is -1.40. The molecule has 0 aliphatic rings. The fourth-order valence-corrected chi connectivity index (χ4v) is 0.924. The van der Waals surface area contributed by atoms with Crippen molar-refractivity contribution in [2.75, 3.05) is 0 Å². The van der Waals surface area contributed by atoms with E-state index in [9.17, 15) is 14.0 Å². The highest BCUT2D eigenvalue weighted by molar-refractivity contribution is 4.85. The van der Waals surface area contributed by atoms with Gasteiger partial charge in [0.15, 0.2) is 0 Å². The third kappa shape index (κ3) is 1.61. The molecule has 1 rings (SSSR count). The Morgan fingerprint density at radius 2 is 2.25 bits per heavy atom. The largest absolute Gasteiger partial charge is 0.330 e. The zero-order valence-electron chi connectivity index (χ0n) is 6.63. The van der Waals surface area contributed by atoms with Gasteiger partial charge < -0.3 is 0 Å². The van der Waals surface area contributed by atoms with Crippen molar-refractivity contribution in [2.45, 2.75) is 19.9 Å². The van der Waals surface area contributed by atoms with E-state index >= 15 is 0 Å². The van der Waals surface area contributed by atoms with Crippen molar-refractivity contribution in [2.24, 2.45) is 0 Å². The van der Waals surface area contributed by atoms with E-state index in [1.165, 1.54) is 0 Å². The minimum absolute atomic E-state index is 0.279. The van der Waals surface area contributed by atoms with Crippen LogP contribution in [0, 0.1) is 5.95 Å². The van der Waals surface area contributed by atoms with Crippen LogP contribution < -0.4 is 11.2 Å². The molecule has 0 bridgehead atoms. The maximum absolute atomic E-state index is 12.8. The fourth-order valence-electron chi connectivity index (χ4n) is 0.924. The molecule has 0 aromatic carbocycles. The Labute approximate surface area is 67.7 Å². The molecule has 12 heavy (non-hydrogen) atoms. The van der Waals surface area contributed by atoms with Crippen molar-refractivity contribution < 1.29 is 4.39 Å². The lowest BCUT2D eigenvalue weighted by Crippen LogP contribution is -2.31. The molecular formula is C7H9FN2O2. The molecule has 4 nitrogen and oxygen atoms in total. The van der Waals surface area contributed by atoms with E-state index in [1.54, 1.807) is 0 Å². The van der Waals surface area contributed by atoms with Crippen LogP contribution in [0.1, 0.15) is 13.3 Å². The summed E-state index contributed by atoms with van der Waals surface area (Å²) in [5.74, 6) is -0.786. The quantitative estimate of drug-likeness (QED) is 0.642. The van der Waals surface area contributed by atoms with Crippen LogP contribution in [-0.4, -0.2) is 9.55 Å². The predicted molar refractivity (Wildman–Crippen MR) is 41.6 cm³/mol. The van der Waals surface area contributed by atoms with Crippen LogP contribution in [0.2, 0.25) is 0 Å². The Bertz CT molecular complexity index is 380. The molecule has 0 amide bonds. The number of aromatic amines is 1. The van der Waals surface area contributed by atoms with Crippen molar-refractivity contribution in [1.29, 1.82) is 0 Å². The third-order valence-corrected chi connectivity index (χ3v) is 1.43. The molecule has 66 valence electrons. The standard InChI is InChI=1S/C7H9FN2O2/c1-2-3-10-5(8)4-6(11)9-7(10)12/h4H,2-3H2,1H3,(H,9,11,12). The summed E-state index contributed by atoms with van der Waals surface area (Å²) >= 11 is 0. The van der Waals surface area contributed by atoms with Crippen molar-refractivity contribution >= 4 is 0 Å². The Kier molecular flexibility index (Phi) is 2.42. The van der Waals surface area contributed by atoms with E-state index in [4.69, 9.17) is 0 Å². The average Bonchev–Trinajstić information content (AvgIpc) is 1.96. The number of hydrogen-bond donors (Lipinski definition) is 1. The summed E-state index contributed by atoms with van der Waals surface area (Å²) in [6.45, 7) is 2.10. The lowest BCUT2D eigenvalue weighted by atomic mass is 10.4. The second-order valence-electron chi connectivity index (χ2n) is 2.41. The summed E-state index contributed by atoms with van der Waals surface area (Å²) in [5, 5.41) is 0. The molecule has 0 spiro atoms. The number of H-pyrrole nitrogens is 1. The second-order valence-corrected chi connectivity index (χ2v) is 2.41. The molecule has 0 saturated heterocycles. The van der Waals surface area contributed by atoms with Crippen molar-refractivity contribution in [3.8, 4) is 0 Å². The van der Waals surface area contributed by atoms with Gasteiger partial charge in [0.2, 0.25) is 5.95 Å². The van der Waals surface area contributed by atoms with Crippen LogP contribution in [0.5, 0.6) is 0 Å². The van der Waals surface area contributed by atoms with Gasteiger partial charge in [-0.2, -0.15) is 4.39 Å². The van der Waals surface area contributed by atoms with E-state index in [2.05, 4.69) is 0 Å². The normalized spacial score (nSPS) is 10.2. The van der Waals surface area contributed by atoms with E-state index < -0.39 is 17.2 Å². The topological polar surface area (TPSA) is 54.9 Å². The second kappa shape index (κ2) is 3.34. The third-order valence-electron chi connectivity index (χ3n) is 1.43. The number of hydrogen-bond acceptors (Lipinski definition) is 2. The van der Waals surface area contributed by atoms with Crippen molar-refractivity contribution in [3.05, 3.63) is 32.9 Å². The van der Waals surface area contributed by atoms with E-state index in [0.717, 1.165) is 10.6 Å². The number of nitrogens with zero attached hydrogens (tertiary/aromatic N) is 1. The minimum atomic E-state index is -0.786. The van der Waals surface area contributed by atoms with Crippen LogP contribution in [0.15, 0.2) is 15.7 Å².